The molecular weight excluding hydrogens is 338 g/mol. The maximum atomic E-state index is 13.0. The second-order valence-electron chi connectivity index (χ2n) is 9.01. The molecule has 3 fully saturated rings. The van der Waals surface area contributed by atoms with Crippen LogP contribution in [0.5, 0.6) is 0 Å². The van der Waals surface area contributed by atoms with E-state index in [0.29, 0.717) is 23.1 Å². The Kier molecular flexibility index (Phi) is 5.51. The lowest BCUT2D eigenvalue weighted by molar-refractivity contribution is -0.241. The predicted molar refractivity (Wildman–Crippen MR) is 98.0 cm³/mol. The number of carbonyl (C=O) groups is 2. The molecule has 4 nitrogen and oxygen atoms in total. The van der Waals surface area contributed by atoms with E-state index in [1.54, 1.807) is 20.9 Å². The molecule has 0 bridgehead atoms. The van der Waals surface area contributed by atoms with Gasteiger partial charge < -0.3 is 0 Å². The Morgan fingerprint density at radius 2 is 1.64 bits per heavy atom. The van der Waals surface area contributed by atoms with Gasteiger partial charge in [0.1, 0.15) is 11.5 Å². The largest absolute Gasteiger partial charge is 0.295 e. The van der Waals surface area contributed by atoms with Gasteiger partial charge in [0.05, 0.1) is 0 Å². The van der Waals surface area contributed by atoms with Crippen molar-refractivity contribution in [2.24, 2.45) is 29.6 Å². The molecule has 1 aliphatic heterocycles. The van der Waals surface area contributed by atoms with E-state index in [0.717, 1.165) is 25.7 Å². The Balaban J connectivity index is 1.77. The van der Waals surface area contributed by atoms with Crippen molar-refractivity contribution < 1.29 is 14.4 Å². The van der Waals surface area contributed by atoms with Gasteiger partial charge in [0.2, 0.25) is 0 Å². The van der Waals surface area contributed by atoms with Crippen LogP contribution in [0.3, 0.4) is 0 Å². The zero-order valence-corrected chi connectivity index (χ0v) is 16.7. The summed E-state index contributed by atoms with van der Waals surface area (Å²) in [5, 5.41) is 1.63. The van der Waals surface area contributed by atoms with Crippen LogP contribution in [0, 0.1) is 29.6 Å². The molecule has 0 radical (unpaired) electrons. The fraction of sp³-hybridized carbons (Fsp3) is 0.900. The molecule has 3 aliphatic rings. The average molecular weight is 370 g/mol. The number of nitrogens with zero attached hydrogens (tertiary/aromatic N) is 1. The van der Waals surface area contributed by atoms with Gasteiger partial charge in [-0.3, -0.25) is 14.4 Å². The standard InChI is InChI=1S/C20H32ClNO3/c1-12-5-6-14(13-7-9-15(21)10-8-13)11-16(12)17-18(23)20(2,3)25-22(4)19(17)24/h12-17H,5-11H2,1-4H3. The maximum Gasteiger partial charge on any atom is 0.256 e. The highest BCUT2D eigenvalue weighted by Gasteiger charge is 2.52. The van der Waals surface area contributed by atoms with Gasteiger partial charge in [0.15, 0.2) is 5.78 Å². The van der Waals surface area contributed by atoms with E-state index in [4.69, 9.17) is 16.4 Å². The Labute approximate surface area is 156 Å². The summed E-state index contributed by atoms with van der Waals surface area (Å²) in [6.07, 6.45) is 7.92. The fourth-order valence-electron chi connectivity index (χ4n) is 5.33. The van der Waals surface area contributed by atoms with Crippen LogP contribution in [0.15, 0.2) is 0 Å². The van der Waals surface area contributed by atoms with E-state index in [1.165, 1.54) is 24.3 Å². The Bertz CT molecular complexity index is 527. The van der Waals surface area contributed by atoms with Gasteiger partial charge in [0.25, 0.3) is 5.91 Å². The SMILES string of the molecule is CC1CCC(C2CCC(Cl)CC2)CC1C1C(=O)N(C)OC(C)(C)C1=O. The maximum absolute atomic E-state index is 13.0. The minimum Gasteiger partial charge on any atom is -0.295 e. The third kappa shape index (κ3) is 3.75. The third-order valence-corrected chi connectivity index (χ3v) is 7.35. The first-order chi connectivity index (χ1) is 11.7. The molecule has 4 unspecified atom stereocenters. The summed E-state index contributed by atoms with van der Waals surface area (Å²) in [6.45, 7) is 5.76. The van der Waals surface area contributed by atoms with Crippen LogP contribution in [0.2, 0.25) is 0 Å². The molecule has 1 heterocycles. The molecule has 25 heavy (non-hydrogen) atoms. The van der Waals surface area contributed by atoms with Gasteiger partial charge in [-0.25, -0.2) is 5.06 Å². The van der Waals surface area contributed by atoms with Gasteiger partial charge in [0, 0.05) is 12.4 Å². The molecular formula is C20H32ClNO3. The quantitative estimate of drug-likeness (QED) is 0.541. The summed E-state index contributed by atoms with van der Waals surface area (Å²) in [6, 6.07) is 0. The number of Topliss-reactive ketones (excluding diaryl/α,β-unsaturated/α-hetero) is 1. The van der Waals surface area contributed by atoms with Crippen molar-refractivity contribution >= 4 is 23.3 Å². The zero-order valence-electron chi connectivity index (χ0n) is 16.0. The van der Waals surface area contributed by atoms with Crippen LogP contribution in [-0.4, -0.2) is 34.8 Å². The smallest absolute Gasteiger partial charge is 0.256 e. The molecule has 0 aromatic rings. The van der Waals surface area contributed by atoms with E-state index < -0.39 is 11.5 Å². The second-order valence-corrected chi connectivity index (χ2v) is 9.62. The number of ketones is 1. The molecule has 0 spiro atoms. The summed E-state index contributed by atoms with van der Waals surface area (Å²) >= 11 is 6.27. The molecule has 5 heteroatoms. The topological polar surface area (TPSA) is 46.6 Å². The number of amides is 1. The van der Waals surface area contributed by atoms with Crippen LogP contribution in [0.1, 0.15) is 65.7 Å². The third-order valence-electron chi connectivity index (χ3n) is 6.91. The van der Waals surface area contributed by atoms with Crippen molar-refractivity contribution in [2.75, 3.05) is 7.05 Å². The van der Waals surface area contributed by atoms with Crippen molar-refractivity contribution in [3.8, 4) is 0 Å². The van der Waals surface area contributed by atoms with Crippen molar-refractivity contribution in [2.45, 2.75) is 76.7 Å². The molecule has 142 valence electrons. The lowest BCUT2D eigenvalue weighted by Crippen LogP contribution is -2.58. The minimum absolute atomic E-state index is 0.0439. The van der Waals surface area contributed by atoms with Gasteiger partial charge in [-0.2, -0.15) is 0 Å². The first-order valence-electron chi connectivity index (χ1n) is 9.85. The molecule has 0 N–H and O–H groups in total. The predicted octanol–water partition coefficient (Wildman–Crippen LogP) is 4.20. The summed E-state index contributed by atoms with van der Waals surface area (Å²) in [5.41, 5.74) is -0.920. The normalized spacial score (nSPS) is 42.5. The van der Waals surface area contributed by atoms with Crippen LogP contribution < -0.4 is 0 Å². The molecule has 1 saturated heterocycles. The molecule has 1 amide bonds. The Morgan fingerprint density at radius 3 is 2.28 bits per heavy atom. The summed E-state index contributed by atoms with van der Waals surface area (Å²) in [5.74, 6) is 1.13. The number of hydrogen-bond donors (Lipinski definition) is 0. The monoisotopic (exact) mass is 369 g/mol. The van der Waals surface area contributed by atoms with Crippen molar-refractivity contribution in [1.29, 1.82) is 0 Å². The van der Waals surface area contributed by atoms with Gasteiger partial charge in [-0.1, -0.05) is 13.3 Å². The van der Waals surface area contributed by atoms with E-state index in [2.05, 4.69) is 6.92 Å². The first-order valence-corrected chi connectivity index (χ1v) is 10.3. The van der Waals surface area contributed by atoms with Crippen LogP contribution >= 0.6 is 11.6 Å². The summed E-state index contributed by atoms with van der Waals surface area (Å²) in [4.78, 5) is 31.3. The van der Waals surface area contributed by atoms with E-state index in [1.807, 2.05) is 0 Å². The highest BCUT2D eigenvalue weighted by molar-refractivity contribution is 6.20. The lowest BCUT2D eigenvalue weighted by Gasteiger charge is -2.46. The number of rotatable bonds is 2. The van der Waals surface area contributed by atoms with E-state index in [9.17, 15) is 9.59 Å². The van der Waals surface area contributed by atoms with Crippen molar-refractivity contribution in [3.05, 3.63) is 0 Å². The van der Waals surface area contributed by atoms with Gasteiger partial charge in [-0.15, -0.1) is 11.6 Å². The molecule has 2 saturated carbocycles. The Morgan fingerprint density at radius 1 is 1.04 bits per heavy atom. The van der Waals surface area contributed by atoms with Crippen molar-refractivity contribution in [1.82, 2.24) is 5.06 Å². The fourth-order valence-corrected chi connectivity index (χ4v) is 5.58. The molecule has 3 rings (SSSR count). The minimum atomic E-state index is -0.920. The molecule has 4 atom stereocenters. The Hall–Kier alpha value is -0.610. The van der Waals surface area contributed by atoms with Crippen LogP contribution in [0.25, 0.3) is 0 Å². The molecule has 0 aromatic heterocycles. The molecule has 2 aliphatic carbocycles. The number of hydrogen-bond acceptors (Lipinski definition) is 3. The summed E-state index contributed by atoms with van der Waals surface area (Å²) in [7, 11) is 1.64. The van der Waals surface area contributed by atoms with E-state index in [-0.39, 0.29) is 17.6 Å². The number of carbonyl (C=O) groups excluding carboxylic acids is 2. The summed E-state index contributed by atoms with van der Waals surface area (Å²) < 4.78 is 0. The second kappa shape index (κ2) is 7.19. The number of halogens is 1. The zero-order chi connectivity index (χ0) is 18.4. The van der Waals surface area contributed by atoms with Crippen LogP contribution in [0.4, 0.5) is 0 Å². The van der Waals surface area contributed by atoms with Crippen molar-refractivity contribution in [3.63, 3.8) is 0 Å². The van der Waals surface area contributed by atoms with Gasteiger partial charge >= 0.3 is 0 Å². The van der Waals surface area contributed by atoms with Crippen LogP contribution in [-0.2, 0) is 14.4 Å². The van der Waals surface area contributed by atoms with Gasteiger partial charge in [-0.05, 0) is 76.0 Å². The lowest BCUT2D eigenvalue weighted by atomic mass is 9.62. The highest BCUT2D eigenvalue weighted by atomic mass is 35.5. The average Bonchev–Trinajstić information content (AvgIpc) is 2.55. The number of alkyl halides is 1. The highest BCUT2D eigenvalue weighted by Crippen LogP contribution is 2.47. The number of hydroxylamine groups is 2. The van der Waals surface area contributed by atoms with E-state index >= 15 is 0 Å². The molecule has 0 aromatic carbocycles. The first kappa shape index (κ1) is 19.2.